The number of esters is 1. The molecular weight excluding hydrogens is 228 g/mol. The van der Waals surface area contributed by atoms with Crippen molar-refractivity contribution in [2.75, 3.05) is 6.61 Å². The van der Waals surface area contributed by atoms with Crippen molar-refractivity contribution < 1.29 is 13.9 Å². The molecule has 3 heteroatoms. The van der Waals surface area contributed by atoms with E-state index in [1.807, 2.05) is 30.3 Å². The van der Waals surface area contributed by atoms with Gasteiger partial charge in [0.1, 0.15) is 11.2 Å². The molecule has 0 aliphatic rings. The Morgan fingerprint density at radius 1 is 1.11 bits per heavy atom. The predicted molar refractivity (Wildman–Crippen MR) is 69.7 cm³/mol. The highest BCUT2D eigenvalue weighted by Gasteiger charge is 2.11. The van der Waals surface area contributed by atoms with E-state index in [2.05, 4.69) is 0 Å². The second-order valence-electron chi connectivity index (χ2n) is 4.03. The van der Waals surface area contributed by atoms with Gasteiger partial charge in [-0.3, -0.25) is 0 Å². The molecule has 0 saturated carbocycles. The van der Waals surface area contributed by atoms with Crippen LogP contribution in [0.25, 0.3) is 21.9 Å². The molecular formula is C15H12O3. The summed E-state index contributed by atoms with van der Waals surface area (Å²) in [6, 6.07) is 13.2. The molecule has 0 saturated heterocycles. The van der Waals surface area contributed by atoms with Crippen molar-refractivity contribution in [3.8, 4) is 0 Å². The van der Waals surface area contributed by atoms with Crippen molar-refractivity contribution in [3.05, 3.63) is 48.0 Å². The lowest BCUT2D eigenvalue weighted by atomic mass is 10.1. The third kappa shape index (κ3) is 1.64. The first-order chi connectivity index (χ1) is 8.79. The van der Waals surface area contributed by atoms with Crippen LogP contribution in [0.15, 0.2) is 46.9 Å². The molecule has 0 unspecified atom stereocenters. The maximum atomic E-state index is 11.6. The fourth-order valence-electron chi connectivity index (χ4n) is 2.07. The number of carbonyl (C=O) groups is 1. The summed E-state index contributed by atoms with van der Waals surface area (Å²) in [5, 5.41) is 2.07. The van der Waals surface area contributed by atoms with Gasteiger partial charge in [-0.2, -0.15) is 0 Å². The van der Waals surface area contributed by atoms with Crippen LogP contribution < -0.4 is 0 Å². The van der Waals surface area contributed by atoms with E-state index < -0.39 is 0 Å². The molecule has 0 atom stereocenters. The largest absolute Gasteiger partial charge is 0.462 e. The summed E-state index contributed by atoms with van der Waals surface area (Å²) in [6.07, 6.45) is 0. The van der Waals surface area contributed by atoms with Gasteiger partial charge < -0.3 is 9.15 Å². The smallest absolute Gasteiger partial charge is 0.338 e. The molecule has 1 heterocycles. The van der Waals surface area contributed by atoms with Crippen molar-refractivity contribution in [1.29, 1.82) is 0 Å². The Morgan fingerprint density at radius 2 is 1.89 bits per heavy atom. The SMILES string of the molecule is CCOC(=O)c1ccc2c(c1)oc1ccccc12. The first-order valence-corrected chi connectivity index (χ1v) is 5.88. The zero-order chi connectivity index (χ0) is 12.5. The molecule has 0 N–H and O–H groups in total. The minimum atomic E-state index is -0.320. The van der Waals surface area contributed by atoms with Gasteiger partial charge in [-0.25, -0.2) is 4.79 Å². The first kappa shape index (κ1) is 10.8. The van der Waals surface area contributed by atoms with E-state index in [4.69, 9.17) is 9.15 Å². The van der Waals surface area contributed by atoms with E-state index in [-0.39, 0.29) is 5.97 Å². The lowest BCUT2D eigenvalue weighted by Gasteiger charge is -2.00. The summed E-state index contributed by atoms with van der Waals surface area (Å²) >= 11 is 0. The molecule has 3 rings (SSSR count). The number of ether oxygens (including phenoxy) is 1. The molecule has 0 bridgehead atoms. The molecule has 0 amide bonds. The number of rotatable bonds is 2. The van der Waals surface area contributed by atoms with Gasteiger partial charge in [-0.1, -0.05) is 18.2 Å². The van der Waals surface area contributed by atoms with Gasteiger partial charge in [0.15, 0.2) is 0 Å². The average Bonchev–Trinajstić information content (AvgIpc) is 2.76. The molecule has 90 valence electrons. The topological polar surface area (TPSA) is 39.4 Å². The van der Waals surface area contributed by atoms with Crippen molar-refractivity contribution in [2.45, 2.75) is 6.92 Å². The molecule has 0 fully saturated rings. The molecule has 2 aromatic carbocycles. The summed E-state index contributed by atoms with van der Waals surface area (Å²) in [6.45, 7) is 2.16. The molecule has 18 heavy (non-hydrogen) atoms. The second-order valence-corrected chi connectivity index (χ2v) is 4.03. The van der Waals surface area contributed by atoms with Crippen LogP contribution >= 0.6 is 0 Å². The number of benzene rings is 2. The van der Waals surface area contributed by atoms with Crippen LogP contribution in [-0.4, -0.2) is 12.6 Å². The Bertz CT molecular complexity index is 725. The molecule has 0 aliphatic heterocycles. The van der Waals surface area contributed by atoms with Crippen LogP contribution in [0.1, 0.15) is 17.3 Å². The van der Waals surface area contributed by atoms with Crippen LogP contribution in [-0.2, 0) is 4.74 Å². The van der Waals surface area contributed by atoms with E-state index in [1.165, 1.54) is 0 Å². The fourth-order valence-corrected chi connectivity index (χ4v) is 2.07. The van der Waals surface area contributed by atoms with E-state index in [0.29, 0.717) is 17.8 Å². The van der Waals surface area contributed by atoms with E-state index >= 15 is 0 Å². The Kier molecular flexibility index (Phi) is 2.52. The quantitative estimate of drug-likeness (QED) is 0.640. The van der Waals surface area contributed by atoms with E-state index in [0.717, 1.165) is 16.4 Å². The van der Waals surface area contributed by atoms with E-state index in [1.54, 1.807) is 19.1 Å². The predicted octanol–water partition coefficient (Wildman–Crippen LogP) is 3.76. The fraction of sp³-hybridized carbons (Fsp3) is 0.133. The lowest BCUT2D eigenvalue weighted by molar-refractivity contribution is 0.0526. The monoisotopic (exact) mass is 240 g/mol. The third-order valence-electron chi connectivity index (χ3n) is 2.89. The van der Waals surface area contributed by atoms with Gasteiger partial charge in [0.25, 0.3) is 0 Å². The van der Waals surface area contributed by atoms with E-state index in [9.17, 15) is 4.79 Å². The Morgan fingerprint density at radius 3 is 2.72 bits per heavy atom. The van der Waals surface area contributed by atoms with Crippen LogP contribution in [0.2, 0.25) is 0 Å². The minimum absolute atomic E-state index is 0.320. The van der Waals surface area contributed by atoms with Crippen molar-refractivity contribution >= 4 is 27.9 Å². The second kappa shape index (κ2) is 4.18. The summed E-state index contributed by atoms with van der Waals surface area (Å²) in [5.41, 5.74) is 2.05. The van der Waals surface area contributed by atoms with Gasteiger partial charge >= 0.3 is 5.97 Å². The highest BCUT2D eigenvalue weighted by atomic mass is 16.5. The summed E-state index contributed by atoms with van der Waals surface area (Å²) < 4.78 is 10.7. The van der Waals surface area contributed by atoms with Crippen molar-refractivity contribution in [3.63, 3.8) is 0 Å². The molecule has 0 radical (unpaired) electrons. The molecule has 1 aromatic heterocycles. The molecule has 3 nitrogen and oxygen atoms in total. The van der Waals surface area contributed by atoms with Gasteiger partial charge in [0, 0.05) is 10.8 Å². The highest BCUT2D eigenvalue weighted by Crippen LogP contribution is 2.29. The zero-order valence-electron chi connectivity index (χ0n) is 9.97. The van der Waals surface area contributed by atoms with Gasteiger partial charge in [-0.05, 0) is 31.2 Å². The van der Waals surface area contributed by atoms with Crippen LogP contribution in [0.3, 0.4) is 0 Å². The molecule has 3 aromatic rings. The summed E-state index contributed by atoms with van der Waals surface area (Å²) in [5.74, 6) is -0.320. The van der Waals surface area contributed by atoms with Crippen LogP contribution in [0.4, 0.5) is 0 Å². The van der Waals surface area contributed by atoms with Crippen molar-refractivity contribution in [2.24, 2.45) is 0 Å². The number of carbonyl (C=O) groups excluding carboxylic acids is 1. The summed E-state index contributed by atoms with van der Waals surface area (Å²) in [4.78, 5) is 11.6. The van der Waals surface area contributed by atoms with Crippen LogP contribution in [0, 0.1) is 0 Å². The Labute approximate surface area is 104 Å². The highest BCUT2D eigenvalue weighted by molar-refractivity contribution is 6.06. The number of fused-ring (bicyclic) bond motifs is 3. The van der Waals surface area contributed by atoms with Crippen molar-refractivity contribution in [1.82, 2.24) is 0 Å². The van der Waals surface area contributed by atoms with Crippen LogP contribution in [0.5, 0.6) is 0 Å². The normalized spacial score (nSPS) is 10.9. The summed E-state index contributed by atoms with van der Waals surface area (Å²) in [7, 11) is 0. The maximum absolute atomic E-state index is 11.6. The number of para-hydroxylation sites is 1. The van der Waals surface area contributed by atoms with Gasteiger partial charge in [0.05, 0.1) is 12.2 Å². The maximum Gasteiger partial charge on any atom is 0.338 e. The Balaban J connectivity index is 2.18. The standard InChI is InChI=1S/C15H12O3/c1-2-17-15(16)10-7-8-12-11-5-3-4-6-13(11)18-14(12)9-10/h3-9H,2H2,1H3. The van der Waals surface area contributed by atoms with Gasteiger partial charge in [0.2, 0.25) is 0 Å². The number of hydrogen-bond donors (Lipinski definition) is 0. The third-order valence-corrected chi connectivity index (χ3v) is 2.89. The average molecular weight is 240 g/mol. The Hall–Kier alpha value is -2.29. The first-order valence-electron chi connectivity index (χ1n) is 5.88. The molecule has 0 spiro atoms. The number of furan rings is 1. The number of hydrogen-bond acceptors (Lipinski definition) is 3. The van der Waals surface area contributed by atoms with Gasteiger partial charge in [-0.15, -0.1) is 0 Å². The zero-order valence-corrected chi connectivity index (χ0v) is 9.97. The molecule has 0 aliphatic carbocycles. The minimum Gasteiger partial charge on any atom is -0.462 e. The lowest BCUT2D eigenvalue weighted by Crippen LogP contribution is -2.03.